The maximum atomic E-state index is 12.5. The zero-order valence-corrected chi connectivity index (χ0v) is 16.0. The largest absolute Gasteiger partial charge is 0.496 e. The third kappa shape index (κ3) is 3.57. The molecule has 1 N–H and O–H groups in total. The Morgan fingerprint density at radius 2 is 2.07 bits per heavy atom. The molecule has 1 atom stereocenters. The molecule has 1 fully saturated rings. The lowest BCUT2D eigenvalue weighted by molar-refractivity contribution is -0.117. The van der Waals surface area contributed by atoms with Crippen molar-refractivity contribution in [2.75, 3.05) is 31.9 Å². The number of nitrogens with one attached hydrogen (secondary N) is 1. The number of benzene rings is 2. The van der Waals surface area contributed by atoms with Gasteiger partial charge in [0.2, 0.25) is 12.7 Å². The Labute approximate surface area is 167 Å². The van der Waals surface area contributed by atoms with Gasteiger partial charge >= 0.3 is 0 Å². The van der Waals surface area contributed by atoms with E-state index >= 15 is 0 Å². The summed E-state index contributed by atoms with van der Waals surface area (Å²) >= 11 is 5.99. The highest BCUT2D eigenvalue weighted by Gasteiger charge is 2.32. The maximum Gasteiger partial charge on any atom is 0.255 e. The maximum absolute atomic E-state index is 12.5. The Bertz CT molecular complexity index is 933. The van der Waals surface area contributed by atoms with Crippen molar-refractivity contribution in [3.05, 3.63) is 47.0 Å². The van der Waals surface area contributed by atoms with Crippen LogP contribution in [0.5, 0.6) is 17.2 Å². The van der Waals surface area contributed by atoms with E-state index in [0.29, 0.717) is 47.3 Å². The van der Waals surface area contributed by atoms with Crippen LogP contribution in [0.25, 0.3) is 0 Å². The highest BCUT2D eigenvalue weighted by Crippen LogP contribution is 2.37. The molecule has 146 valence electrons. The SMILES string of the molecule is COc1ccc(Cl)cc1C(=O)NCC1CC(=O)N(c2ccc3c(c2)OCO3)C1. The summed E-state index contributed by atoms with van der Waals surface area (Å²) < 4.78 is 15.9. The molecule has 7 nitrogen and oxygen atoms in total. The van der Waals surface area contributed by atoms with Crippen molar-refractivity contribution in [1.29, 1.82) is 0 Å². The molecule has 1 saturated heterocycles. The molecule has 2 aliphatic heterocycles. The molecule has 0 saturated carbocycles. The quantitative estimate of drug-likeness (QED) is 0.832. The van der Waals surface area contributed by atoms with Crippen LogP contribution in [0.1, 0.15) is 16.8 Å². The Hall–Kier alpha value is -2.93. The Morgan fingerprint density at radius 3 is 2.89 bits per heavy atom. The number of nitrogens with zero attached hydrogens (tertiary/aromatic N) is 1. The normalized spacial score (nSPS) is 17.7. The van der Waals surface area contributed by atoms with Gasteiger partial charge in [-0.05, 0) is 30.3 Å². The molecule has 0 spiro atoms. The highest BCUT2D eigenvalue weighted by atomic mass is 35.5. The van der Waals surface area contributed by atoms with Crippen molar-refractivity contribution in [1.82, 2.24) is 5.32 Å². The molecule has 8 heteroatoms. The fourth-order valence-electron chi connectivity index (χ4n) is 3.41. The van der Waals surface area contributed by atoms with Gasteiger partial charge < -0.3 is 24.4 Å². The van der Waals surface area contributed by atoms with E-state index in [1.165, 1.54) is 7.11 Å². The molecular weight excluding hydrogens is 384 g/mol. The summed E-state index contributed by atoms with van der Waals surface area (Å²) in [5.41, 5.74) is 1.13. The average molecular weight is 403 g/mol. The summed E-state index contributed by atoms with van der Waals surface area (Å²) in [6, 6.07) is 10.3. The number of rotatable bonds is 5. The van der Waals surface area contributed by atoms with E-state index in [0.717, 1.165) is 5.69 Å². The number of carbonyl (C=O) groups is 2. The number of amides is 2. The standard InChI is InChI=1S/C20H19ClN2O5/c1-26-16-4-2-13(21)7-15(16)20(25)22-9-12-6-19(24)23(10-12)14-3-5-17-18(8-14)28-11-27-17/h2-5,7-8,12H,6,9-11H2,1H3,(H,22,25). The average Bonchev–Trinajstić information content (AvgIpc) is 3.31. The van der Waals surface area contributed by atoms with Crippen molar-refractivity contribution in [3.8, 4) is 17.2 Å². The first-order valence-corrected chi connectivity index (χ1v) is 9.24. The van der Waals surface area contributed by atoms with E-state index in [9.17, 15) is 9.59 Å². The van der Waals surface area contributed by atoms with Crippen LogP contribution >= 0.6 is 11.6 Å². The Morgan fingerprint density at radius 1 is 1.25 bits per heavy atom. The predicted octanol–water partition coefficient (Wildman–Crippen LogP) is 2.86. The fourth-order valence-corrected chi connectivity index (χ4v) is 3.58. The van der Waals surface area contributed by atoms with Crippen LogP contribution in [0.2, 0.25) is 5.02 Å². The molecule has 1 unspecified atom stereocenters. The van der Waals surface area contributed by atoms with Gasteiger partial charge in [-0.2, -0.15) is 0 Å². The van der Waals surface area contributed by atoms with Gasteiger partial charge in [-0.25, -0.2) is 0 Å². The molecule has 28 heavy (non-hydrogen) atoms. The molecular formula is C20H19ClN2O5. The molecule has 4 rings (SSSR count). The van der Waals surface area contributed by atoms with E-state index in [4.69, 9.17) is 25.8 Å². The summed E-state index contributed by atoms with van der Waals surface area (Å²) in [5.74, 6) is 1.50. The summed E-state index contributed by atoms with van der Waals surface area (Å²) in [6.07, 6.45) is 0.363. The van der Waals surface area contributed by atoms with E-state index in [1.807, 2.05) is 6.07 Å². The summed E-state index contributed by atoms with van der Waals surface area (Å²) in [4.78, 5) is 26.7. The van der Waals surface area contributed by atoms with E-state index in [-0.39, 0.29) is 24.5 Å². The van der Waals surface area contributed by atoms with Crippen LogP contribution in [0.3, 0.4) is 0 Å². The molecule has 2 aromatic carbocycles. The third-order valence-electron chi connectivity index (χ3n) is 4.83. The number of ether oxygens (including phenoxy) is 3. The highest BCUT2D eigenvalue weighted by molar-refractivity contribution is 6.31. The van der Waals surface area contributed by atoms with Crippen molar-refractivity contribution < 1.29 is 23.8 Å². The summed E-state index contributed by atoms with van der Waals surface area (Å²) in [5, 5.41) is 3.33. The molecule has 2 heterocycles. The van der Waals surface area contributed by atoms with Crippen LogP contribution in [0.4, 0.5) is 5.69 Å². The van der Waals surface area contributed by atoms with E-state index in [1.54, 1.807) is 35.2 Å². The number of halogens is 1. The molecule has 0 aromatic heterocycles. The van der Waals surface area contributed by atoms with Gasteiger partial charge in [0.05, 0.1) is 12.7 Å². The van der Waals surface area contributed by atoms with E-state index in [2.05, 4.69) is 5.32 Å². The van der Waals surface area contributed by atoms with Gasteiger partial charge in [-0.1, -0.05) is 11.6 Å². The second kappa shape index (κ2) is 7.59. The van der Waals surface area contributed by atoms with Gasteiger partial charge in [-0.15, -0.1) is 0 Å². The number of hydrogen-bond acceptors (Lipinski definition) is 5. The van der Waals surface area contributed by atoms with Gasteiger partial charge in [0.15, 0.2) is 11.5 Å². The molecule has 2 amide bonds. The third-order valence-corrected chi connectivity index (χ3v) is 5.07. The number of carbonyl (C=O) groups excluding carboxylic acids is 2. The van der Waals surface area contributed by atoms with Crippen molar-refractivity contribution in [2.24, 2.45) is 5.92 Å². The summed E-state index contributed by atoms with van der Waals surface area (Å²) in [7, 11) is 1.50. The Balaban J connectivity index is 1.40. The van der Waals surface area contributed by atoms with Crippen LogP contribution in [-0.2, 0) is 4.79 Å². The first kappa shape index (κ1) is 18.4. The molecule has 2 aromatic rings. The van der Waals surface area contributed by atoms with Gasteiger partial charge in [-0.3, -0.25) is 9.59 Å². The summed E-state index contributed by atoms with van der Waals surface area (Å²) in [6.45, 7) is 1.08. The van der Waals surface area contributed by atoms with Crippen LogP contribution in [-0.4, -0.2) is 38.8 Å². The Kier molecular flexibility index (Phi) is 5.00. The second-order valence-corrected chi connectivity index (χ2v) is 7.10. The zero-order chi connectivity index (χ0) is 19.7. The first-order valence-electron chi connectivity index (χ1n) is 8.87. The second-order valence-electron chi connectivity index (χ2n) is 6.67. The molecule has 2 aliphatic rings. The van der Waals surface area contributed by atoms with Crippen LogP contribution in [0, 0.1) is 5.92 Å². The lowest BCUT2D eigenvalue weighted by atomic mass is 10.1. The number of methoxy groups -OCH3 is 1. The van der Waals surface area contributed by atoms with Gasteiger partial charge in [0, 0.05) is 42.2 Å². The molecule has 0 aliphatic carbocycles. The number of fused-ring (bicyclic) bond motifs is 1. The molecule has 0 bridgehead atoms. The van der Waals surface area contributed by atoms with Gasteiger partial charge in [0.25, 0.3) is 5.91 Å². The van der Waals surface area contributed by atoms with Crippen molar-refractivity contribution in [2.45, 2.75) is 6.42 Å². The lowest BCUT2D eigenvalue weighted by Gasteiger charge is -2.17. The lowest BCUT2D eigenvalue weighted by Crippen LogP contribution is -2.31. The minimum atomic E-state index is -0.284. The van der Waals surface area contributed by atoms with E-state index < -0.39 is 0 Å². The minimum absolute atomic E-state index is 0.00653. The van der Waals surface area contributed by atoms with Crippen molar-refractivity contribution in [3.63, 3.8) is 0 Å². The van der Waals surface area contributed by atoms with Crippen LogP contribution in [0.15, 0.2) is 36.4 Å². The van der Waals surface area contributed by atoms with Crippen LogP contribution < -0.4 is 24.4 Å². The number of hydrogen-bond donors (Lipinski definition) is 1. The molecule has 0 radical (unpaired) electrons. The zero-order valence-electron chi connectivity index (χ0n) is 15.2. The fraction of sp³-hybridized carbons (Fsp3) is 0.300. The predicted molar refractivity (Wildman–Crippen MR) is 103 cm³/mol. The topological polar surface area (TPSA) is 77.1 Å². The van der Waals surface area contributed by atoms with Gasteiger partial charge in [0.1, 0.15) is 5.75 Å². The minimum Gasteiger partial charge on any atom is -0.496 e. The smallest absolute Gasteiger partial charge is 0.255 e. The monoisotopic (exact) mass is 402 g/mol. The first-order chi connectivity index (χ1) is 13.5. The number of anilines is 1. The van der Waals surface area contributed by atoms with Crippen molar-refractivity contribution >= 4 is 29.1 Å².